The van der Waals surface area contributed by atoms with Crippen molar-refractivity contribution in [2.45, 2.75) is 19.1 Å². The molecule has 156 valence electrons. The molecule has 0 radical (unpaired) electrons. The number of alkyl carbamates (subject to hydrolysis) is 1. The lowest BCUT2D eigenvalue weighted by Gasteiger charge is -2.32. The highest BCUT2D eigenvalue weighted by Crippen LogP contribution is 2.29. The second-order valence-electron chi connectivity index (χ2n) is 7.05. The average molecular weight is 443 g/mol. The van der Waals surface area contributed by atoms with Gasteiger partial charge in [0, 0.05) is 6.54 Å². The number of carbonyl (C=O) groups is 1. The molecule has 4 rings (SSSR count). The lowest BCUT2D eigenvalue weighted by Crippen LogP contribution is -2.53. The zero-order valence-electron chi connectivity index (χ0n) is 16.4. The molecule has 1 fully saturated rings. The first-order valence-electron chi connectivity index (χ1n) is 9.62. The van der Waals surface area contributed by atoms with E-state index in [1.165, 1.54) is 11.1 Å². The van der Waals surface area contributed by atoms with Gasteiger partial charge in [-0.3, -0.25) is 0 Å². The number of ether oxygens (including phenoxy) is 1. The minimum absolute atomic E-state index is 0.0372. The van der Waals surface area contributed by atoms with Gasteiger partial charge >= 0.3 is 6.09 Å². The number of hydrogen-bond acceptors (Lipinski definition) is 5. The normalized spacial score (nSPS) is 19.2. The van der Waals surface area contributed by atoms with Crippen LogP contribution in [0.5, 0.6) is 0 Å². The van der Waals surface area contributed by atoms with Crippen LogP contribution in [0.3, 0.4) is 0 Å². The molecule has 0 bridgehead atoms. The Kier molecular flexibility index (Phi) is 5.90. The van der Waals surface area contributed by atoms with Gasteiger partial charge in [-0.2, -0.15) is 11.3 Å². The van der Waals surface area contributed by atoms with Crippen LogP contribution in [0.25, 0.3) is 22.3 Å². The number of carbonyl (C=O) groups excluding carboxylic acids is 1. The van der Waals surface area contributed by atoms with Crippen molar-refractivity contribution in [3.8, 4) is 22.3 Å². The Morgan fingerprint density at radius 2 is 1.60 bits per heavy atom. The Morgan fingerprint density at radius 1 is 1.00 bits per heavy atom. The lowest BCUT2D eigenvalue weighted by molar-refractivity contribution is 0.0568. The van der Waals surface area contributed by atoms with Crippen molar-refractivity contribution in [2.24, 2.45) is 0 Å². The molecule has 30 heavy (non-hydrogen) atoms. The van der Waals surface area contributed by atoms with E-state index in [1.54, 1.807) is 18.3 Å². The van der Waals surface area contributed by atoms with E-state index in [0.717, 1.165) is 16.7 Å². The van der Waals surface area contributed by atoms with Gasteiger partial charge in [0.05, 0.1) is 11.8 Å². The van der Waals surface area contributed by atoms with Gasteiger partial charge in [0.15, 0.2) is 0 Å². The predicted molar refractivity (Wildman–Crippen MR) is 119 cm³/mol. The summed E-state index contributed by atoms with van der Waals surface area (Å²) in [7, 11) is -3.43. The Balaban J connectivity index is 1.54. The lowest BCUT2D eigenvalue weighted by atomic mass is 9.97. The van der Waals surface area contributed by atoms with Crippen molar-refractivity contribution in [3.63, 3.8) is 0 Å². The Morgan fingerprint density at radius 3 is 2.17 bits per heavy atom. The highest BCUT2D eigenvalue weighted by atomic mass is 32.2. The van der Waals surface area contributed by atoms with Crippen LogP contribution in [0.1, 0.15) is 18.6 Å². The third-order valence-electron chi connectivity index (χ3n) is 5.09. The molecule has 2 aromatic carbocycles. The molecule has 0 spiro atoms. The van der Waals surface area contributed by atoms with Crippen LogP contribution < -0.4 is 10.0 Å². The molecule has 2 unspecified atom stereocenters. The summed E-state index contributed by atoms with van der Waals surface area (Å²) in [5, 5.41) is 6.72. The summed E-state index contributed by atoms with van der Waals surface area (Å²) in [6.07, 6.45) is -1.24. The fourth-order valence-corrected chi connectivity index (χ4v) is 4.91. The highest BCUT2D eigenvalue weighted by molar-refractivity contribution is 7.89. The van der Waals surface area contributed by atoms with Gasteiger partial charge in [-0.15, -0.1) is 0 Å². The van der Waals surface area contributed by atoms with Crippen LogP contribution in [-0.4, -0.2) is 32.9 Å². The van der Waals surface area contributed by atoms with Crippen molar-refractivity contribution >= 4 is 27.5 Å². The molecule has 1 aliphatic rings. The van der Waals surface area contributed by atoms with Crippen LogP contribution in [0.4, 0.5) is 4.79 Å². The molecular weight excluding hydrogens is 420 g/mol. The molecule has 2 heterocycles. The summed E-state index contributed by atoms with van der Waals surface area (Å²) < 4.78 is 32.0. The third kappa shape index (κ3) is 4.56. The first kappa shape index (κ1) is 20.6. The fourth-order valence-electron chi connectivity index (χ4n) is 3.41. The quantitative estimate of drug-likeness (QED) is 0.600. The molecule has 0 aliphatic carbocycles. The largest absolute Gasteiger partial charge is 0.440 e. The number of hydrogen-bond donors (Lipinski definition) is 2. The Labute approximate surface area is 180 Å². The number of amides is 1. The summed E-state index contributed by atoms with van der Waals surface area (Å²) in [5.74, 6) is -0.0372. The van der Waals surface area contributed by atoms with Gasteiger partial charge in [0.1, 0.15) is 6.10 Å². The number of thiophene rings is 1. The average Bonchev–Trinajstić information content (AvgIpc) is 3.30. The first-order chi connectivity index (χ1) is 14.4. The van der Waals surface area contributed by atoms with Crippen molar-refractivity contribution in [1.29, 1.82) is 0 Å². The van der Waals surface area contributed by atoms with Crippen molar-refractivity contribution in [1.82, 2.24) is 10.0 Å². The minimum Gasteiger partial charge on any atom is -0.440 e. The maximum absolute atomic E-state index is 12.0. The summed E-state index contributed by atoms with van der Waals surface area (Å²) in [6.45, 7) is 1.74. The standard InChI is InChI=1S/C22H22N2O4S2/c1-2-30(26,27)24-20-13-23-22(25)28-21(20)18-9-7-16(8-10-18)15-3-5-17(6-4-15)19-11-12-29-14-19/h3-12,14,20-21,24H,2,13H2,1H3,(H,23,25). The van der Waals surface area contributed by atoms with Gasteiger partial charge in [-0.25, -0.2) is 17.9 Å². The van der Waals surface area contributed by atoms with Gasteiger partial charge in [-0.1, -0.05) is 48.5 Å². The summed E-state index contributed by atoms with van der Waals surface area (Å²) in [5.41, 5.74) is 5.22. The SMILES string of the molecule is CCS(=O)(=O)NC1CNC(=O)OC1c1ccc(-c2ccc(-c3ccsc3)cc2)cc1. The van der Waals surface area contributed by atoms with Crippen LogP contribution in [-0.2, 0) is 14.8 Å². The van der Waals surface area contributed by atoms with E-state index in [1.807, 2.05) is 24.3 Å². The predicted octanol–water partition coefficient (Wildman–Crippen LogP) is 4.17. The van der Waals surface area contributed by atoms with Gasteiger partial charge in [0.25, 0.3) is 0 Å². The van der Waals surface area contributed by atoms with E-state index >= 15 is 0 Å². The first-order valence-corrected chi connectivity index (χ1v) is 12.2. The molecule has 0 saturated carbocycles. The summed E-state index contributed by atoms with van der Waals surface area (Å²) in [6, 6.07) is 17.5. The number of sulfonamides is 1. The van der Waals surface area contributed by atoms with E-state index in [-0.39, 0.29) is 12.3 Å². The number of benzene rings is 2. The summed E-state index contributed by atoms with van der Waals surface area (Å²) in [4.78, 5) is 11.7. The molecule has 1 amide bonds. The minimum atomic E-state index is -3.43. The molecule has 2 atom stereocenters. The maximum atomic E-state index is 12.0. The number of rotatable bonds is 6. The molecule has 1 aromatic heterocycles. The molecular formula is C22H22N2O4S2. The maximum Gasteiger partial charge on any atom is 0.407 e. The molecule has 3 aromatic rings. The molecule has 8 heteroatoms. The van der Waals surface area contributed by atoms with Gasteiger partial charge < -0.3 is 10.1 Å². The van der Waals surface area contributed by atoms with Crippen molar-refractivity contribution < 1.29 is 17.9 Å². The molecule has 1 saturated heterocycles. The fraction of sp³-hybridized carbons (Fsp3) is 0.227. The van der Waals surface area contributed by atoms with E-state index < -0.39 is 28.3 Å². The zero-order valence-corrected chi connectivity index (χ0v) is 18.0. The van der Waals surface area contributed by atoms with E-state index in [2.05, 4.69) is 51.1 Å². The Bertz CT molecular complexity index is 1110. The van der Waals surface area contributed by atoms with Crippen LogP contribution in [0, 0.1) is 0 Å². The van der Waals surface area contributed by atoms with Crippen LogP contribution in [0.15, 0.2) is 65.4 Å². The topological polar surface area (TPSA) is 84.5 Å². The van der Waals surface area contributed by atoms with Crippen LogP contribution in [0.2, 0.25) is 0 Å². The Hall–Kier alpha value is -2.68. The van der Waals surface area contributed by atoms with Crippen molar-refractivity contribution in [3.05, 3.63) is 70.9 Å². The van der Waals surface area contributed by atoms with Gasteiger partial charge in [-0.05, 0) is 51.6 Å². The number of cyclic esters (lactones) is 1. The number of nitrogens with one attached hydrogen (secondary N) is 2. The highest BCUT2D eigenvalue weighted by Gasteiger charge is 2.34. The zero-order chi connectivity index (χ0) is 21.1. The molecule has 2 N–H and O–H groups in total. The van der Waals surface area contributed by atoms with Gasteiger partial charge in [0.2, 0.25) is 10.0 Å². The van der Waals surface area contributed by atoms with Crippen LogP contribution >= 0.6 is 11.3 Å². The molecule has 6 nitrogen and oxygen atoms in total. The monoisotopic (exact) mass is 442 g/mol. The van der Waals surface area contributed by atoms with E-state index in [4.69, 9.17) is 4.74 Å². The second kappa shape index (κ2) is 8.59. The summed E-state index contributed by atoms with van der Waals surface area (Å²) >= 11 is 1.67. The molecule has 1 aliphatic heterocycles. The van der Waals surface area contributed by atoms with E-state index in [0.29, 0.717) is 0 Å². The smallest absolute Gasteiger partial charge is 0.407 e. The van der Waals surface area contributed by atoms with E-state index in [9.17, 15) is 13.2 Å². The third-order valence-corrected chi connectivity index (χ3v) is 7.19. The second-order valence-corrected chi connectivity index (χ2v) is 9.87. The van der Waals surface area contributed by atoms with Crippen molar-refractivity contribution in [2.75, 3.05) is 12.3 Å².